The predicted molar refractivity (Wildman–Crippen MR) is 70.8 cm³/mol. The molecule has 1 aromatic carbocycles. The molecule has 1 atom stereocenters. The summed E-state index contributed by atoms with van der Waals surface area (Å²) in [6.45, 7) is 2.21. The van der Waals surface area contributed by atoms with Gasteiger partial charge in [0.1, 0.15) is 0 Å². The third kappa shape index (κ3) is 2.71. The normalized spacial score (nSPS) is 14.2. The van der Waals surface area contributed by atoms with Crippen molar-refractivity contribution in [2.75, 3.05) is 7.05 Å². The fraction of sp³-hybridized carbons (Fsp3) is 0.267. The van der Waals surface area contributed by atoms with E-state index in [1.807, 2.05) is 31.4 Å². The van der Waals surface area contributed by atoms with E-state index in [1.54, 1.807) is 0 Å². The molecule has 0 saturated heterocycles. The molecule has 1 unspecified atom stereocenters. The first kappa shape index (κ1) is 11.8. The van der Waals surface area contributed by atoms with Crippen LogP contribution < -0.4 is 5.32 Å². The maximum absolute atomic E-state index is 4.40. The number of nitrogens with one attached hydrogen (secondary N) is 1. The molecule has 1 heterocycles. The van der Waals surface area contributed by atoms with Crippen molar-refractivity contribution in [3.63, 3.8) is 0 Å². The van der Waals surface area contributed by atoms with E-state index in [0.717, 1.165) is 12.1 Å². The zero-order chi connectivity index (χ0) is 12.1. The first-order chi connectivity index (χ1) is 8.24. The van der Waals surface area contributed by atoms with Gasteiger partial charge in [0.15, 0.2) is 0 Å². The minimum absolute atomic E-state index is 0.0738. The highest BCUT2D eigenvalue weighted by molar-refractivity contribution is 5.25. The lowest BCUT2D eigenvalue weighted by Crippen LogP contribution is -2.39. The molecule has 0 bridgehead atoms. The summed E-state index contributed by atoms with van der Waals surface area (Å²) in [5, 5.41) is 3.40. The van der Waals surface area contributed by atoms with Gasteiger partial charge in [-0.1, -0.05) is 36.4 Å². The van der Waals surface area contributed by atoms with Gasteiger partial charge in [-0.3, -0.25) is 4.98 Å². The molecule has 88 valence electrons. The van der Waals surface area contributed by atoms with Gasteiger partial charge in [-0.25, -0.2) is 0 Å². The maximum atomic E-state index is 4.40. The molecular formula is C15H18N2. The van der Waals surface area contributed by atoms with Crippen molar-refractivity contribution < 1.29 is 0 Å². The molecule has 2 aromatic rings. The van der Waals surface area contributed by atoms with Crippen molar-refractivity contribution in [1.82, 2.24) is 10.3 Å². The van der Waals surface area contributed by atoms with Crippen LogP contribution in [-0.2, 0) is 12.0 Å². The highest BCUT2D eigenvalue weighted by atomic mass is 14.9. The molecule has 0 aliphatic rings. The summed E-state index contributed by atoms with van der Waals surface area (Å²) < 4.78 is 0. The van der Waals surface area contributed by atoms with Crippen molar-refractivity contribution in [1.29, 1.82) is 0 Å². The topological polar surface area (TPSA) is 24.9 Å². The third-order valence-electron chi connectivity index (χ3n) is 3.22. The van der Waals surface area contributed by atoms with Crippen LogP contribution in [0.25, 0.3) is 0 Å². The van der Waals surface area contributed by atoms with Gasteiger partial charge in [0.2, 0.25) is 0 Å². The highest BCUT2D eigenvalue weighted by Gasteiger charge is 2.24. The minimum atomic E-state index is -0.0738. The van der Waals surface area contributed by atoms with Crippen molar-refractivity contribution in [3.05, 3.63) is 66.0 Å². The lowest BCUT2D eigenvalue weighted by Gasteiger charge is -2.29. The van der Waals surface area contributed by atoms with Crippen LogP contribution in [0.1, 0.15) is 18.2 Å². The molecule has 0 fully saturated rings. The van der Waals surface area contributed by atoms with Crippen LogP contribution in [0.15, 0.2) is 54.7 Å². The Labute approximate surface area is 103 Å². The minimum Gasteiger partial charge on any atom is -0.310 e. The third-order valence-corrected chi connectivity index (χ3v) is 3.22. The first-order valence-electron chi connectivity index (χ1n) is 5.89. The second kappa shape index (κ2) is 5.11. The van der Waals surface area contributed by atoms with E-state index in [2.05, 4.69) is 47.6 Å². The van der Waals surface area contributed by atoms with E-state index in [4.69, 9.17) is 0 Å². The van der Waals surface area contributed by atoms with Gasteiger partial charge in [0.25, 0.3) is 0 Å². The summed E-state index contributed by atoms with van der Waals surface area (Å²) in [7, 11) is 2.00. The average Bonchev–Trinajstić information content (AvgIpc) is 2.41. The molecule has 0 aliphatic carbocycles. The fourth-order valence-corrected chi connectivity index (χ4v) is 2.01. The molecule has 2 rings (SSSR count). The Morgan fingerprint density at radius 1 is 1.06 bits per heavy atom. The molecule has 2 nitrogen and oxygen atoms in total. The highest BCUT2D eigenvalue weighted by Crippen LogP contribution is 2.23. The standard InChI is InChI=1S/C15H18N2/c1-15(16-2,13-8-4-3-5-9-13)12-14-10-6-7-11-17-14/h3-11,16H,12H2,1-2H3. The number of pyridine rings is 1. The number of likely N-dealkylation sites (N-methyl/N-ethyl adjacent to an activating group) is 1. The lowest BCUT2D eigenvalue weighted by atomic mass is 9.87. The molecular weight excluding hydrogens is 208 g/mol. The summed E-state index contributed by atoms with van der Waals surface area (Å²) in [6.07, 6.45) is 2.73. The largest absolute Gasteiger partial charge is 0.310 e. The van der Waals surface area contributed by atoms with Gasteiger partial charge in [-0.15, -0.1) is 0 Å². The van der Waals surface area contributed by atoms with Gasteiger partial charge < -0.3 is 5.32 Å². The molecule has 0 amide bonds. The van der Waals surface area contributed by atoms with Crippen molar-refractivity contribution in [2.24, 2.45) is 0 Å². The maximum Gasteiger partial charge on any atom is 0.0459 e. The fourth-order valence-electron chi connectivity index (χ4n) is 2.01. The summed E-state index contributed by atoms with van der Waals surface area (Å²) in [4.78, 5) is 4.40. The Hall–Kier alpha value is -1.67. The van der Waals surface area contributed by atoms with E-state index in [1.165, 1.54) is 5.56 Å². The second-order valence-electron chi connectivity index (χ2n) is 4.45. The van der Waals surface area contributed by atoms with Gasteiger partial charge in [-0.2, -0.15) is 0 Å². The van der Waals surface area contributed by atoms with Crippen molar-refractivity contribution in [2.45, 2.75) is 18.9 Å². The first-order valence-corrected chi connectivity index (χ1v) is 5.89. The van der Waals surface area contributed by atoms with Crippen LogP contribution >= 0.6 is 0 Å². The van der Waals surface area contributed by atoms with Crippen LogP contribution in [0, 0.1) is 0 Å². The summed E-state index contributed by atoms with van der Waals surface area (Å²) in [5.74, 6) is 0. The van der Waals surface area contributed by atoms with Gasteiger partial charge in [0.05, 0.1) is 0 Å². The molecule has 0 radical (unpaired) electrons. The van der Waals surface area contributed by atoms with E-state index in [0.29, 0.717) is 0 Å². The number of hydrogen-bond donors (Lipinski definition) is 1. The number of benzene rings is 1. The van der Waals surface area contributed by atoms with E-state index in [-0.39, 0.29) is 5.54 Å². The molecule has 0 aliphatic heterocycles. The lowest BCUT2D eigenvalue weighted by molar-refractivity contribution is 0.393. The van der Waals surface area contributed by atoms with Crippen LogP contribution in [0.2, 0.25) is 0 Å². The molecule has 17 heavy (non-hydrogen) atoms. The zero-order valence-corrected chi connectivity index (χ0v) is 10.4. The molecule has 0 spiro atoms. The van der Waals surface area contributed by atoms with Crippen molar-refractivity contribution >= 4 is 0 Å². The molecule has 0 saturated carbocycles. The number of aromatic nitrogens is 1. The molecule has 1 N–H and O–H groups in total. The quantitative estimate of drug-likeness (QED) is 0.867. The van der Waals surface area contributed by atoms with E-state index >= 15 is 0 Å². The Kier molecular flexibility index (Phi) is 3.55. The summed E-state index contributed by atoms with van der Waals surface area (Å²) >= 11 is 0. The van der Waals surface area contributed by atoms with E-state index < -0.39 is 0 Å². The van der Waals surface area contributed by atoms with Gasteiger partial charge in [-0.05, 0) is 31.7 Å². The smallest absolute Gasteiger partial charge is 0.0459 e. The van der Waals surface area contributed by atoms with Crippen LogP contribution in [0.5, 0.6) is 0 Å². The summed E-state index contributed by atoms with van der Waals surface area (Å²) in [5.41, 5.74) is 2.32. The Morgan fingerprint density at radius 3 is 2.35 bits per heavy atom. The second-order valence-corrected chi connectivity index (χ2v) is 4.45. The monoisotopic (exact) mass is 226 g/mol. The van der Waals surface area contributed by atoms with Crippen LogP contribution in [0.4, 0.5) is 0 Å². The Bertz CT molecular complexity index is 453. The molecule has 1 aromatic heterocycles. The van der Waals surface area contributed by atoms with Gasteiger partial charge >= 0.3 is 0 Å². The Balaban J connectivity index is 2.27. The van der Waals surface area contributed by atoms with Crippen LogP contribution in [-0.4, -0.2) is 12.0 Å². The molecule has 2 heteroatoms. The van der Waals surface area contributed by atoms with Crippen LogP contribution in [0.3, 0.4) is 0 Å². The predicted octanol–water partition coefficient (Wildman–Crippen LogP) is 2.76. The number of nitrogens with zero attached hydrogens (tertiary/aromatic N) is 1. The Morgan fingerprint density at radius 2 is 1.76 bits per heavy atom. The van der Waals surface area contributed by atoms with Gasteiger partial charge in [0, 0.05) is 23.9 Å². The number of hydrogen-bond acceptors (Lipinski definition) is 2. The summed E-state index contributed by atoms with van der Waals surface area (Å²) in [6, 6.07) is 16.5. The van der Waals surface area contributed by atoms with Crippen molar-refractivity contribution in [3.8, 4) is 0 Å². The SMILES string of the molecule is CNC(C)(Cc1ccccn1)c1ccccc1. The average molecular weight is 226 g/mol. The van der Waals surface area contributed by atoms with E-state index in [9.17, 15) is 0 Å². The number of rotatable bonds is 4. The zero-order valence-electron chi connectivity index (χ0n) is 10.4.